The summed E-state index contributed by atoms with van der Waals surface area (Å²) < 4.78 is 0. The van der Waals surface area contributed by atoms with Crippen LogP contribution in [0.15, 0.2) is 10.3 Å². The second kappa shape index (κ2) is 5.85. The Morgan fingerprint density at radius 3 is 1.29 bits per heavy atom. The predicted molar refractivity (Wildman–Crippen MR) is 49.8 cm³/mol. The number of carbonyl (C=O) groups excluding carboxylic acids is 2. The molecule has 0 saturated heterocycles. The first-order valence-electron chi connectivity index (χ1n) is 3.88. The number of rotatable bonds is 2. The molecule has 6 nitrogen and oxygen atoms in total. The highest BCUT2D eigenvalue weighted by Crippen LogP contribution is 1.88. The summed E-state index contributed by atoms with van der Waals surface area (Å²) in [5, 5.41) is 6.58. The molecule has 0 aliphatic carbocycles. The van der Waals surface area contributed by atoms with Gasteiger partial charge in [-0.05, 0) is 27.7 Å². The van der Waals surface area contributed by atoms with Crippen molar-refractivity contribution in [1.29, 1.82) is 0 Å². The molecular weight excluding hydrogens is 188 g/mol. The largest absolute Gasteiger partial charge is 0.445 e. The van der Waals surface area contributed by atoms with Gasteiger partial charge in [0.2, 0.25) is 0 Å². The normalized spacial score (nSPS) is 8.57. The second-order valence-electron chi connectivity index (χ2n) is 2.83. The highest BCUT2D eigenvalue weighted by Gasteiger charge is 2.18. The van der Waals surface area contributed by atoms with Crippen LogP contribution in [0.4, 0.5) is 0 Å². The van der Waals surface area contributed by atoms with Crippen LogP contribution in [0.1, 0.15) is 27.7 Å². The van der Waals surface area contributed by atoms with E-state index in [1.807, 2.05) is 0 Å². The average molecular weight is 200 g/mol. The summed E-state index contributed by atoms with van der Waals surface area (Å²) in [6, 6.07) is 0. The topological polar surface area (TPSA) is 77.3 Å². The molecule has 0 N–H and O–H groups in total. The van der Waals surface area contributed by atoms with Crippen LogP contribution in [-0.2, 0) is 19.3 Å². The predicted octanol–water partition coefficient (Wildman–Crippen LogP) is 0.864. The number of hydrogen-bond acceptors (Lipinski definition) is 6. The maximum Gasteiger partial charge on any atom is 0.445 e. The molecule has 0 amide bonds. The van der Waals surface area contributed by atoms with Gasteiger partial charge in [-0.15, -0.1) is 0 Å². The molecule has 0 bridgehead atoms. The summed E-state index contributed by atoms with van der Waals surface area (Å²) in [6.07, 6.45) is 0. The van der Waals surface area contributed by atoms with Gasteiger partial charge >= 0.3 is 11.9 Å². The van der Waals surface area contributed by atoms with Gasteiger partial charge < -0.3 is 9.68 Å². The van der Waals surface area contributed by atoms with Crippen LogP contribution in [0, 0.1) is 0 Å². The number of oxime groups is 2. The smallest absolute Gasteiger partial charge is 0.306 e. The molecule has 0 aliphatic rings. The lowest BCUT2D eigenvalue weighted by molar-refractivity contribution is -0.167. The highest BCUT2D eigenvalue weighted by atomic mass is 16.7. The maximum atomic E-state index is 10.8. The van der Waals surface area contributed by atoms with Gasteiger partial charge in [-0.2, -0.15) is 0 Å². The summed E-state index contributed by atoms with van der Waals surface area (Å²) in [6.45, 7) is 6.47. The molecule has 78 valence electrons. The second-order valence-corrected chi connectivity index (χ2v) is 2.83. The first kappa shape index (κ1) is 12.3. The number of nitrogens with zero attached hydrogens (tertiary/aromatic N) is 2. The lowest BCUT2D eigenvalue weighted by Gasteiger charge is -1.95. The van der Waals surface area contributed by atoms with Gasteiger partial charge in [0.25, 0.3) is 0 Å². The molecule has 14 heavy (non-hydrogen) atoms. The summed E-state index contributed by atoms with van der Waals surface area (Å²) >= 11 is 0. The van der Waals surface area contributed by atoms with E-state index < -0.39 is 11.9 Å². The fraction of sp³-hybridized carbons (Fsp3) is 0.500. The van der Waals surface area contributed by atoms with Crippen LogP contribution in [-0.4, -0.2) is 23.4 Å². The van der Waals surface area contributed by atoms with Crippen LogP contribution in [0.5, 0.6) is 0 Å². The minimum Gasteiger partial charge on any atom is -0.306 e. The lowest BCUT2D eigenvalue weighted by Crippen LogP contribution is -2.17. The van der Waals surface area contributed by atoms with E-state index in [0.29, 0.717) is 11.4 Å². The minimum atomic E-state index is -1.20. The van der Waals surface area contributed by atoms with Crippen LogP contribution in [0.3, 0.4) is 0 Å². The molecule has 0 unspecified atom stereocenters. The third-order valence-electron chi connectivity index (χ3n) is 0.789. The Balaban J connectivity index is 4.08. The highest BCUT2D eigenvalue weighted by molar-refractivity contribution is 6.29. The quantitative estimate of drug-likeness (QED) is 0.287. The van der Waals surface area contributed by atoms with Gasteiger partial charge in [-0.1, -0.05) is 10.3 Å². The molecule has 0 aromatic rings. The van der Waals surface area contributed by atoms with Crippen molar-refractivity contribution < 1.29 is 19.3 Å². The van der Waals surface area contributed by atoms with E-state index in [-0.39, 0.29) is 0 Å². The third kappa shape index (κ3) is 5.87. The third-order valence-corrected chi connectivity index (χ3v) is 0.789. The van der Waals surface area contributed by atoms with E-state index >= 15 is 0 Å². The SMILES string of the molecule is CC(C)=NOC(=O)C(=O)ON=C(C)C. The fourth-order valence-corrected chi connectivity index (χ4v) is 0.340. The van der Waals surface area contributed by atoms with E-state index in [1.54, 1.807) is 27.7 Å². The van der Waals surface area contributed by atoms with Gasteiger partial charge in [0.05, 0.1) is 11.4 Å². The molecule has 0 aliphatic heterocycles. The van der Waals surface area contributed by atoms with E-state index in [9.17, 15) is 9.59 Å². The Labute approximate surface area is 81.5 Å². The monoisotopic (exact) mass is 200 g/mol. The molecule has 0 spiro atoms. The Kier molecular flexibility index (Phi) is 5.13. The maximum absolute atomic E-state index is 10.8. The van der Waals surface area contributed by atoms with Gasteiger partial charge in [0, 0.05) is 0 Å². The standard InChI is InChI=1S/C8H12N2O4/c1-5(2)9-13-7(11)8(12)14-10-6(3)4/h1-4H3. The summed E-state index contributed by atoms with van der Waals surface area (Å²) in [7, 11) is 0. The van der Waals surface area contributed by atoms with Gasteiger partial charge in [0.1, 0.15) is 0 Å². The molecule has 0 radical (unpaired) electrons. The van der Waals surface area contributed by atoms with Gasteiger partial charge in [-0.3, -0.25) is 0 Å². The molecule has 0 aromatic carbocycles. The van der Waals surface area contributed by atoms with Gasteiger partial charge in [-0.25, -0.2) is 9.59 Å². The lowest BCUT2D eigenvalue weighted by atomic mass is 10.5. The Morgan fingerprint density at radius 1 is 0.786 bits per heavy atom. The van der Waals surface area contributed by atoms with Crippen LogP contribution >= 0.6 is 0 Å². The van der Waals surface area contributed by atoms with Crippen LogP contribution < -0.4 is 0 Å². The first-order chi connectivity index (χ1) is 6.43. The summed E-state index contributed by atoms with van der Waals surface area (Å²) in [5.41, 5.74) is 1.03. The minimum absolute atomic E-state index is 0.515. The Bertz CT molecular complexity index is 256. The van der Waals surface area contributed by atoms with Crippen LogP contribution in [0.2, 0.25) is 0 Å². The Morgan fingerprint density at radius 2 is 1.07 bits per heavy atom. The molecule has 0 aromatic heterocycles. The molecule has 0 rings (SSSR count). The fourth-order valence-electron chi connectivity index (χ4n) is 0.340. The van der Waals surface area contributed by atoms with Crippen molar-refractivity contribution in [3.05, 3.63) is 0 Å². The molecule has 0 saturated carbocycles. The van der Waals surface area contributed by atoms with Crippen molar-refractivity contribution >= 4 is 23.4 Å². The van der Waals surface area contributed by atoms with E-state index in [1.165, 1.54) is 0 Å². The van der Waals surface area contributed by atoms with Gasteiger partial charge in [0.15, 0.2) is 0 Å². The molecule has 6 heteroatoms. The molecule has 0 heterocycles. The number of carbonyl (C=O) groups is 2. The average Bonchev–Trinajstić information content (AvgIpc) is 2.09. The van der Waals surface area contributed by atoms with Crippen molar-refractivity contribution in [2.75, 3.05) is 0 Å². The zero-order chi connectivity index (χ0) is 11.1. The van der Waals surface area contributed by atoms with Crippen molar-refractivity contribution in [2.24, 2.45) is 10.3 Å². The Hall–Kier alpha value is -1.72. The van der Waals surface area contributed by atoms with E-state index in [0.717, 1.165) is 0 Å². The zero-order valence-electron chi connectivity index (χ0n) is 8.53. The van der Waals surface area contributed by atoms with Crippen molar-refractivity contribution in [2.45, 2.75) is 27.7 Å². The molecular formula is C8H12N2O4. The van der Waals surface area contributed by atoms with Crippen molar-refractivity contribution in [3.8, 4) is 0 Å². The van der Waals surface area contributed by atoms with E-state index in [2.05, 4.69) is 20.0 Å². The molecule has 0 atom stereocenters. The summed E-state index contributed by atoms with van der Waals surface area (Å²) in [4.78, 5) is 30.0. The summed E-state index contributed by atoms with van der Waals surface area (Å²) in [5.74, 6) is -2.40. The zero-order valence-corrected chi connectivity index (χ0v) is 8.53. The first-order valence-corrected chi connectivity index (χ1v) is 3.88. The van der Waals surface area contributed by atoms with Crippen molar-refractivity contribution in [1.82, 2.24) is 0 Å². The molecule has 0 fully saturated rings. The number of hydrogen-bond donors (Lipinski definition) is 0. The van der Waals surface area contributed by atoms with Crippen LogP contribution in [0.25, 0.3) is 0 Å². The van der Waals surface area contributed by atoms with E-state index in [4.69, 9.17) is 0 Å². The van der Waals surface area contributed by atoms with Crippen molar-refractivity contribution in [3.63, 3.8) is 0 Å².